The molecule has 1 N–H and O–H groups in total. The highest BCUT2D eigenvalue weighted by molar-refractivity contribution is 5.92. The van der Waals surface area contributed by atoms with E-state index in [1.165, 1.54) is 24.3 Å². The number of nitrogens with zero attached hydrogens (tertiary/aromatic N) is 1. The topological polar surface area (TPSA) is 89.7 Å². The van der Waals surface area contributed by atoms with Crippen molar-refractivity contribution < 1.29 is 24.0 Å². The molecule has 0 radical (unpaired) electrons. The number of benzene rings is 2. The van der Waals surface area contributed by atoms with Gasteiger partial charge in [-0.1, -0.05) is 12.1 Å². The van der Waals surface area contributed by atoms with Gasteiger partial charge in [-0.25, -0.2) is 9.18 Å². The van der Waals surface area contributed by atoms with Crippen LogP contribution in [0.1, 0.15) is 15.9 Å². The number of nitro groups is 1. The summed E-state index contributed by atoms with van der Waals surface area (Å²) in [5.41, 5.74) is -0.496. The van der Waals surface area contributed by atoms with Crippen molar-refractivity contribution in [2.75, 3.05) is 0 Å². The lowest BCUT2D eigenvalue weighted by atomic mass is 10.1. The van der Waals surface area contributed by atoms with Crippen molar-refractivity contribution in [2.45, 2.75) is 6.92 Å². The fraction of sp³-hybridized carbons (Fsp3) is 0.0714. The van der Waals surface area contributed by atoms with Crippen LogP contribution in [0.15, 0.2) is 36.4 Å². The average Bonchev–Trinajstić information content (AvgIpc) is 2.42. The number of hydrogen-bond donors (Lipinski definition) is 1. The zero-order valence-corrected chi connectivity index (χ0v) is 10.9. The largest absolute Gasteiger partial charge is 0.478 e. The van der Waals surface area contributed by atoms with E-state index in [0.29, 0.717) is 5.56 Å². The predicted octanol–water partition coefficient (Wildman–Crippen LogP) is 3.53. The van der Waals surface area contributed by atoms with Gasteiger partial charge in [0, 0.05) is 12.1 Å². The summed E-state index contributed by atoms with van der Waals surface area (Å²) in [7, 11) is 0. The fourth-order valence-electron chi connectivity index (χ4n) is 1.70. The maximum Gasteiger partial charge on any atom is 0.339 e. The van der Waals surface area contributed by atoms with Crippen molar-refractivity contribution in [3.05, 3.63) is 63.5 Å². The van der Waals surface area contributed by atoms with Gasteiger partial charge in [-0.2, -0.15) is 0 Å². The Bertz CT molecular complexity index is 697. The molecule has 0 heterocycles. The molecular weight excluding hydrogens is 281 g/mol. The number of rotatable bonds is 4. The van der Waals surface area contributed by atoms with Gasteiger partial charge in [-0.05, 0) is 24.6 Å². The minimum Gasteiger partial charge on any atom is -0.478 e. The van der Waals surface area contributed by atoms with Crippen molar-refractivity contribution in [1.82, 2.24) is 0 Å². The van der Waals surface area contributed by atoms with E-state index in [0.717, 1.165) is 12.1 Å². The van der Waals surface area contributed by atoms with Gasteiger partial charge in [0.2, 0.25) is 5.75 Å². The quantitative estimate of drug-likeness (QED) is 0.687. The third-order valence-electron chi connectivity index (χ3n) is 2.78. The fourth-order valence-corrected chi connectivity index (χ4v) is 1.70. The molecule has 0 saturated carbocycles. The molecule has 0 spiro atoms. The molecule has 0 fully saturated rings. The summed E-state index contributed by atoms with van der Waals surface area (Å²) < 4.78 is 18.7. The molecule has 2 aromatic carbocycles. The van der Waals surface area contributed by atoms with Crippen LogP contribution < -0.4 is 4.74 Å². The molecule has 0 aromatic heterocycles. The van der Waals surface area contributed by atoms with Crippen LogP contribution in [0.5, 0.6) is 11.5 Å². The van der Waals surface area contributed by atoms with E-state index in [9.17, 15) is 19.3 Å². The molecule has 2 rings (SSSR count). The molecule has 0 aliphatic heterocycles. The first-order valence-corrected chi connectivity index (χ1v) is 5.85. The highest BCUT2D eigenvalue weighted by Gasteiger charge is 2.23. The maximum absolute atomic E-state index is 13.5. The summed E-state index contributed by atoms with van der Waals surface area (Å²) in [6.07, 6.45) is 0. The lowest BCUT2D eigenvalue weighted by Gasteiger charge is -2.09. The van der Waals surface area contributed by atoms with Crippen LogP contribution in [-0.4, -0.2) is 16.0 Å². The van der Waals surface area contributed by atoms with Gasteiger partial charge < -0.3 is 9.84 Å². The Balaban J connectivity index is 2.53. The molecule has 108 valence electrons. The molecule has 0 amide bonds. The van der Waals surface area contributed by atoms with E-state index in [1.807, 2.05) is 0 Å². The van der Waals surface area contributed by atoms with Crippen molar-refractivity contribution in [1.29, 1.82) is 0 Å². The van der Waals surface area contributed by atoms with E-state index in [2.05, 4.69) is 0 Å². The highest BCUT2D eigenvalue weighted by Crippen LogP contribution is 2.35. The zero-order valence-electron chi connectivity index (χ0n) is 10.9. The van der Waals surface area contributed by atoms with Crippen LogP contribution in [-0.2, 0) is 0 Å². The number of hydrogen-bond acceptors (Lipinski definition) is 4. The molecule has 0 aliphatic carbocycles. The smallest absolute Gasteiger partial charge is 0.339 e. The van der Waals surface area contributed by atoms with E-state index in [1.54, 1.807) is 6.92 Å². The number of para-hydroxylation sites is 1. The molecule has 7 heteroatoms. The lowest BCUT2D eigenvalue weighted by molar-refractivity contribution is -0.385. The van der Waals surface area contributed by atoms with Crippen LogP contribution in [0.4, 0.5) is 10.1 Å². The van der Waals surface area contributed by atoms with Gasteiger partial charge in [0.15, 0.2) is 0 Å². The first-order chi connectivity index (χ1) is 9.90. The molecule has 21 heavy (non-hydrogen) atoms. The lowest BCUT2D eigenvalue weighted by Crippen LogP contribution is -2.03. The number of aryl methyl sites for hydroxylation is 1. The standard InChI is InChI=1S/C14H10FNO5/c1-8-5-6-9(7-11(8)15)21-13-10(14(17)18)3-2-4-12(13)16(19)20/h2-7H,1H3,(H,17,18). The molecule has 0 bridgehead atoms. The number of carboxylic acids is 1. The second kappa shape index (κ2) is 5.58. The summed E-state index contributed by atoms with van der Waals surface area (Å²) in [5.74, 6) is -2.38. The second-order valence-corrected chi connectivity index (χ2v) is 4.23. The van der Waals surface area contributed by atoms with Crippen molar-refractivity contribution >= 4 is 11.7 Å². The summed E-state index contributed by atoms with van der Waals surface area (Å²) in [4.78, 5) is 21.3. The SMILES string of the molecule is Cc1ccc(Oc2c(C(=O)O)cccc2[N+](=O)[O-])cc1F. The van der Waals surface area contributed by atoms with Crippen LogP contribution in [0.2, 0.25) is 0 Å². The third-order valence-corrected chi connectivity index (χ3v) is 2.78. The number of nitro benzene ring substituents is 1. The van der Waals surface area contributed by atoms with Crippen molar-refractivity contribution in [3.63, 3.8) is 0 Å². The van der Waals surface area contributed by atoms with Gasteiger partial charge in [-0.15, -0.1) is 0 Å². The Labute approximate surface area is 118 Å². The van der Waals surface area contributed by atoms with Crippen LogP contribution in [0.25, 0.3) is 0 Å². The van der Waals surface area contributed by atoms with Gasteiger partial charge >= 0.3 is 11.7 Å². The highest BCUT2D eigenvalue weighted by atomic mass is 19.1. The van der Waals surface area contributed by atoms with E-state index in [-0.39, 0.29) is 11.3 Å². The van der Waals surface area contributed by atoms with E-state index < -0.39 is 28.1 Å². The molecule has 0 unspecified atom stereocenters. The van der Waals surface area contributed by atoms with E-state index >= 15 is 0 Å². The van der Waals surface area contributed by atoms with Gasteiger partial charge in [0.05, 0.1) is 4.92 Å². The first-order valence-electron chi connectivity index (χ1n) is 5.85. The Morgan fingerprint density at radius 2 is 2.05 bits per heavy atom. The summed E-state index contributed by atoms with van der Waals surface area (Å²) in [6, 6.07) is 7.41. The normalized spacial score (nSPS) is 10.2. The summed E-state index contributed by atoms with van der Waals surface area (Å²) >= 11 is 0. The number of aromatic carboxylic acids is 1. The number of halogens is 1. The van der Waals surface area contributed by atoms with Gasteiger partial charge in [0.25, 0.3) is 0 Å². The van der Waals surface area contributed by atoms with Crippen LogP contribution >= 0.6 is 0 Å². The molecule has 2 aromatic rings. The minimum atomic E-state index is -1.37. The Hall–Kier alpha value is -2.96. The Kier molecular flexibility index (Phi) is 3.84. The molecule has 0 atom stereocenters. The number of ether oxygens (including phenoxy) is 1. The molecular formula is C14H10FNO5. The number of carboxylic acid groups (broad SMARTS) is 1. The monoisotopic (exact) mass is 291 g/mol. The number of carbonyl (C=O) groups is 1. The summed E-state index contributed by atoms with van der Waals surface area (Å²) in [5, 5.41) is 20.0. The Morgan fingerprint density at radius 3 is 2.62 bits per heavy atom. The van der Waals surface area contributed by atoms with Gasteiger partial charge in [-0.3, -0.25) is 10.1 Å². The second-order valence-electron chi connectivity index (χ2n) is 4.23. The molecule has 6 nitrogen and oxygen atoms in total. The Morgan fingerprint density at radius 1 is 1.33 bits per heavy atom. The van der Waals surface area contributed by atoms with Crippen molar-refractivity contribution in [3.8, 4) is 11.5 Å². The van der Waals surface area contributed by atoms with Crippen LogP contribution in [0.3, 0.4) is 0 Å². The third kappa shape index (κ3) is 2.97. The maximum atomic E-state index is 13.5. The van der Waals surface area contributed by atoms with E-state index in [4.69, 9.17) is 9.84 Å². The minimum absolute atomic E-state index is 0.0186. The summed E-state index contributed by atoms with van der Waals surface area (Å²) in [6.45, 7) is 1.55. The first kappa shape index (κ1) is 14.4. The predicted molar refractivity (Wildman–Crippen MR) is 71.3 cm³/mol. The van der Waals surface area contributed by atoms with Crippen molar-refractivity contribution in [2.24, 2.45) is 0 Å². The molecule has 0 saturated heterocycles. The average molecular weight is 291 g/mol. The van der Waals surface area contributed by atoms with Crippen LogP contribution in [0, 0.1) is 22.9 Å². The zero-order chi connectivity index (χ0) is 15.6. The molecule has 0 aliphatic rings. The van der Waals surface area contributed by atoms with Gasteiger partial charge in [0.1, 0.15) is 17.1 Å².